The minimum Gasteiger partial charge on any atom is -0.298 e. The molecule has 0 aromatic heterocycles. The maximum absolute atomic E-state index is 11.4. The van der Waals surface area contributed by atoms with Crippen LogP contribution in [0.2, 0.25) is 0 Å². The second-order valence-corrected chi connectivity index (χ2v) is 5.29. The summed E-state index contributed by atoms with van der Waals surface area (Å²) in [7, 11) is -3.19. The van der Waals surface area contributed by atoms with Gasteiger partial charge >= 0.3 is 0 Å². The Bertz CT molecular complexity index is 300. The molecule has 0 amide bonds. The first-order valence-corrected chi connectivity index (χ1v) is 6.31. The number of carbonyl (C=O) groups is 1. The number of ketones is 1. The van der Waals surface area contributed by atoms with Crippen LogP contribution < -0.4 is 0 Å². The standard InChI is InChI=1S/C8H15NO3S.H2S/c1-3-8(10)7-5-4-6-9(7)13(2,11)12;/h7H,3-6H2,1-2H3;1H2/t7-;/m0./s1. The molecule has 1 heterocycles. The average Bonchev–Trinajstić information content (AvgIpc) is 2.49. The van der Waals surface area contributed by atoms with Crippen molar-refractivity contribution in [1.29, 1.82) is 0 Å². The van der Waals surface area contributed by atoms with Crippen molar-refractivity contribution in [3.63, 3.8) is 0 Å². The van der Waals surface area contributed by atoms with Gasteiger partial charge < -0.3 is 0 Å². The molecule has 1 rings (SSSR count). The van der Waals surface area contributed by atoms with E-state index in [1.807, 2.05) is 0 Å². The Hall–Kier alpha value is -0.0700. The summed E-state index contributed by atoms with van der Waals surface area (Å²) in [6.45, 7) is 2.26. The van der Waals surface area contributed by atoms with E-state index in [2.05, 4.69) is 0 Å². The highest BCUT2D eigenvalue weighted by Gasteiger charge is 2.34. The first-order valence-electron chi connectivity index (χ1n) is 4.46. The normalized spacial score (nSPS) is 23.1. The highest BCUT2D eigenvalue weighted by Crippen LogP contribution is 2.21. The molecule has 84 valence electrons. The second kappa shape index (κ2) is 5.14. The van der Waals surface area contributed by atoms with Crippen LogP contribution >= 0.6 is 13.5 Å². The lowest BCUT2D eigenvalue weighted by atomic mass is 10.1. The Morgan fingerprint density at radius 1 is 1.50 bits per heavy atom. The highest BCUT2D eigenvalue weighted by atomic mass is 32.2. The van der Waals surface area contributed by atoms with Crippen molar-refractivity contribution >= 4 is 29.3 Å². The molecule has 0 aromatic carbocycles. The molecule has 0 saturated carbocycles. The van der Waals surface area contributed by atoms with Crippen LogP contribution in [0, 0.1) is 0 Å². The van der Waals surface area contributed by atoms with Gasteiger partial charge in [0.25, 0.3) is 0 Å². The monoisotopic (exact) mass is 239 g/mol. The van der Waals surface area contributed by atoms with Crippen LogP contribution in [0.25, 0.3) is 0 Å². The van der Waals surface area contributed by atoms with Gasteiger partial charge in [0, 0.05) is 13.0 Å². The number of hydrogen-bond donors (Lipinski definition) is 0. The number of carbonyl (C=O) groups excluding carboxylic acids is 1. The minimum atomic E-state index is -3.19. The van der Waals surface area contributed by atoms with E-state index in [0.29, 0.717) is 19.4 Å². The molecule has 1 atom stereocenters. The Balaban J connectivity index is 0.00000169. The summed E-state index contributed by atoms with van der Waals surface area (Å²) in [6, 6.07) is -0.389. The van der Waals surface area contributed by atoms with Gasteiger partial charge in [0.2, 0.25) is 10.0 Å². The molecule has 0 N–H and O–H groups in total. The van der Waals surface area contributed by atoms with Gasteiger partial charge in [-0.15, -0.1) is 0 Å². The van der Waals surface area contributed by atoms with Gasteiger partial charge in [0.15, 0.2) is 5.78 Å². The van der Waals surface area contributed by atoms with Crippen LogP contribution in [0.5, 0.6) is 0 Å². The highest BCUT2D eigenvalue weighted by molar-refractivity contribution is 7.88. The number of hydrogen-bond acceptors (Lipinski definition) is 3. The minimum absolute atomic E-state index is 0. The van der Waals surface area contributed by atoms with E-state index < -0.39 is 10.0 Å². The van der Waals surface area contributed by atoms with E-state index >= 15 is 0 Å². The van der Waals surface area contributed by atoms with Gasteiger partial charge in [-0.3, -0.25) is 4.79 Å². The average molecular weight is 239 g/mol. The smallest absolute Gasteiger partial charge is 0.211 e. The van der Waals surface area contributed by atoms with Crippen LogP contribution in [0.3, 0.4) is 0 Å². The van der Waals surface area contributed by atoms with Crippen molar-refractivity contribution in [2.75, 3.05) is 12.8 Å². The summed E-state index contributed by atoms with van der Waals surface area (Å²) in [6.07, 6.45) is 3.05. The summed E-state index contributed by atoms with van der Waals surface area (Å²) < 4.78 is 23.8. The van der Waals surface area contributed by atoms with E-state index in [4.69, 9.17) is 0 Å². The Kier molecular flexibility index (Phi) is 5.11. The molecule has 0 unspecified atom stereocenters. The van der Waals surface area contributed by atoms with E-state index in [1.165, 1.54) is 4.31 Å². The predicted molar refractivity (Wildman–Crippen MR) is 60.3 cm³/mol. The third-order valence-electron chi connectivity index (χ3n) is 2.35. The van der Waals surface area contributed by atoms with Crippen molar-refractivity contribution in [3.8, 4) is 0 Å². The SMILES string of the molecule is CCC(=O)[C@@H]1CCCN1S(C)(=O)=O.S. The van der Waals surface area contributed by atoms with Crippen LogP contribution in [-0.4, -0.2) is 37.3 Å². The molecular formula is C8H17NO3S2. The predicted octanol–water partition coefficient (Wildman–Crippen LogP) is 0.502. The Morgan fingerprint density at radius 3 is 2.50 bits per heavy atom. The zero-order valence-electron chi connectivity index (χ0n) is 8.49. The van der Waals surface area contributed by atoms with Crippen LogP contribution in [0.15, 0.2) is 0 Å². The largest absolute Gasteiger partial charge is 0.298 e. The summed E-state index contributed by atoms with van der Waals surface area (Å²) in [5.41, 5.74) is 0. The summed E-state index contributed by atoms with van der Waals surface area (Å²) in [5, 5.41) is 0. The topological polar surface area (TPSA) is 54.5 Å². The fourth-order valence-corrected chi connectivity index (χ4v) is 2.84. The maximum Gasteiger partial charge on any atom is 0.211 e. The zero-order valence-corrected chi connectivity index (χ0v) is 10.3. The molecule has 0 bridgehead atoms. The van der Waals surface area contributed by atoms with Crippen molar-refractivity contribution in [2.45, 2.75) is 32.2 Å². The molecule has 1 aliphatic heterocycles. The van der Waals surface area contributed by atoms with Gasteiger partial charge in [-0.05, 0) is 12.8 Å². The molecule has 0 aliphatic carbocycles. The number of rotatable bonds is 3. The molecule has 1 aliphatic rings. The van der Waals surface area contributed by atoms with E-state index in [0.717, 1.165) is 12.7 Å². The molecule has 0 radical (unpaired) electrons. The molecule has 4 nitrogen and oxygen atoms in total. The fourth-order valence-electron chi connectivity index (χ4n) is 1.69. The van der Waals surface area contributed by atoms with Crippen molar-refractivity contribution in [3.05, 3.63) is 0 Å². The Morgan fingerprint density at radius 2 is 2.07 bits per heavy atom. The number of Topliss-reactive ketones (excluding diaryl/α,β-unsaturated/α-hetero) is 1. The van der Waals surface area contributed by atoms with E-state index in [1.54, 1.807) is 6.92 Å². The third-order valence-corrected chi connectivity index (χ3v) is 3.64. The molecule has 6 heteroatoms. The number of sulfonamides is 1. The molecule has 1 saturated heterocycles. The van der Waals surface area contributed by atoms with Gasteiger partial charge in [-0.2, -0.15) is 17.8 Å². The lowest BCUT2D eigenvalue weighted by molar-refractivity contribution is -0.121. The van der Waals surface area contributed by atoms with E-state index in [9.17, 15) is 13.2 Å². The van der Waals surface area contributed by atoms with Crippen molar-refractivity contribution < 1.29 is 13.2 Å². The first-order chi connectivity index (χ1) is 5.96. The maximum atomic E-state index is 11.4. The van der Waals surface area contributed by atoms with Crippen LogP contribution in [0.4, 0.5) is 0 Å². The van der Waals surface area contributed by atoms with Crippen molar-refractivity contribution in [1.82, 2.24) is 4.31 Å². The van der Waals surface area contributed by atoms with Gasteiger partial charge in [-0.1, -0.05) is 6.92 Å². The zero-order chi connectivity index (χ0) is 10.1. The molecule has 14 heavy (non-hydrogen) atoms. The second-order valence-electron chi connectivity index (χ2n) is 3.35. The molecule has 0 aromatic rings. The molecule has 1 fully saturated rings. The fraction of sp³-hybridized carbons (Fsp3) is 0.875. The summed E-state index contributed by atoms with van der Waals surface area (Å²) >= 11 is 0. The third kappa shape index (κ3) is 2.96. The Labute approximate surface area is 92.2 Å². The van der Waals surface area contributed by atoms with Gasteiger partial charge in [0.1, 0.15) is 0 Å². The van der Waals surface area contributed by atoms with Crippen molar-refractivity contribution in [2.24, 2.45) is 0 Å². The van der Waals surface area contributed by atoms with Crippen LogP contribution in [0.1, 0.15) is 26.2 Å². The lowest BCUT2D eigenvalue weighted by Crippen LogP contribution is -2.39. The number of nitrogens with zero attached hydrogens (tertiary/aromatic N) is 1. The van der Waals surface area contributed by atoms with Gasteiger partial charge in [-0.25, -0.2) is 8.42 Å². The molecule has 0 spiro atoms. The first kappa shape index (κ1) is 13.9. The van der Waals surface area contributed by atoms with E-state index in [-0.39, 0.29) is 25.3 Å². The summed E-state index contributed by atoms with van der Waals surface area (Å²) in [4.78, 5) is 11.4. The summed E-state index contributed by atoms with van der Waals surface area (Å²) in [5.74, 6) is 0.0305. The van der Waals surface area contributed by atoms with Crippen LogP contribution in [-0.2, 0) is 14.8 Å². The quantitative estimate of drug-likeness (QED) is 0.721. The molecular weight excluding hydrogens is 222 g/mol. The van der Waals surface area contributed by atoms with Gasteiger partial charge in [0.05, 0.1) is 12.3 Å². The lowest BCUT2D eigenvalue weighted by Gasteiger charge is -2.20.